The molecule has 144 valence electrons. The molecule has 1 atom stereocenters. The third kappa shape index (κ3) is 4.30. The number of hydrogen-bond donors (Lipinski definition) is 2. The van der Waals surface area contributed by atoms with Crippen LogP contribution in [0.3, 0.4) is 0 Å². The summed E-state index contributed by atoms with van der Waals surface area (Å²) >= 11 is 0. The highest BCUT2D eigenvalue weighted by Crippen LogP contribution is 2.23. The molecule has 2 heterocycles. The molecule has 0 saturated heterocycles. The minimum atomic E-state index is -1.14. The van der Waals surface area contributed by atoms with Crippen molar-refractivity contribution in [2.24, 2.45) is 4.99 Å². The van der Waals surface area contributed by atoms with E-state index in [4.69, 9.17) is 4.74 Å². The molecule has 0 unspecified atom stereocenters. The number of carbonyl (C=O) groups excluding carboxylic acids is 2. The van der Waals surface area contributed by atoms with E-state index in [2.05, 4.69) is 20.6 Å². The van der Waals surface area contributed by atoms with Crippen molar-refractivity contribution >= 4 is 23.4 Å². The molecule has 1 aliphatic rings. The molecule has 0 bridgehead atoms. The number of pyridine rings is 1. The molecule has 2 aromatic carbocycles. The molecule has 2 N–H and O–H groups in total. The average Bonchev–Trinajstić information content (AvgIpc) is 2.90. The van der Waals surface area contributed by atoms with Crippen molar-refractivity contribution in [2.45, 2.75) is 12.8 Å². The number of nitrogens with one attached hydrogen (secondary N) is 2. The Morgan fingerprint density at radius 3 is 2.62 bits per heavy atom. The number of carbonyl (C=O) groups is 2. The van der Waals surface area contributed by atoms with Gasteiger partial charge in [0, 0.05) is 23.5 Å². The van der Waals surface area contributed by atoms with E-state index in [0.29, 0.717) is 11.4 Å². The molecule has 0 fully saturated rings. The number of aliphatic imine (C=N–C) groups is 1. The molecule has 29 heavy (non-hydrogen) atoms. The summed E-state index contributed by atoms with van der Waals surface area (Å²) in [7, 11) is 0. The molecule has 0 aliphatic carbocycles. The highest BCUT2D eigenvalue weighted by molar-refractivity contribution is 6.19. The van der Waals surface area contributed by atoms with E-state index in [1.165, 1.54) is 0 Å². The van der Waals surface area contributed by atoms with Crippen LogP contribution in [0.5, 0.6) is 0 Å². The number of aromatic nitrogens is 1. The van der Waals surface area contributed by atoms with Crippen LogP contribution in [-0.2, 0) is 16.1 Å². The van der Waals surface area contributed by atoms with E-state index in [-0.39, 0.29) is 6.61 Å². The summed E-state index contributed by atoms with van der Waals surface area (Å²) in [6, 6.07) is 20.3. The Labute approximate surface area is 167 Å². The van der Waals surface area contributed by atoms with Crippen molar-refractivity contribution in [2.75, 3.05) is 5.32 Å². The van der Waals surface area contributed by atoms with Crippen LogP contribution in [0, 0.1) is 0 Å². The quantitative estimate of drug-likeness (QED) is 0.721. The Hall–Kier alpha value is -4.00. The predicted molar refractivity (Wildman–Crippen MR) is 108 cm³/mol. The summed E-state index contributed by atoms with van der Waals surface area (Å²) < 4.78 is 5.23. The zero-order valence-electron chi connectivity index (χ0n) is 15.4. The third-order valence-electron chi connectivity index (χ3n) is 4.35. The lowest BCUT2D eigenvalue weighted by Gasteiger charge is -2.13. The Bertz CT molecular complexity index is 1050. The van der Waals surface area contributed by atoms with Crippen LogP contribution in [0.1, 0.15) is 16.7 Å². The Morgan fingerprint density at radius 2 is 1.83 bits per heavy atom. The molecule has 4 rings (SSSR count). The molecule has 7 nitrogen and oxygen atoms in total. The number of anilines is 1. The van der Waals surface area contributed by atoms with Gasteiger partial charge in [-0.1, -0.05) is 48.5 Å². The van der Waals surface area contributed by atoms with Crippen molar-refractivity contribution in [3.05, 3.63) is 95.8 Å². The zero-order valence-corrected chi connectivity index (χ0v) is 15.4. The lowest BCUT2D eigenvalue weighted by atomic mass is 10.0. The van der Waals surface area contributed by atoms with Gasteiger partial charge in [0.2, 0.25) is 6.17 Å². The maximum Gasteiger partial charge on any atom is 0.409 e. The van der Waals surface area contributed by atoms with Gasteiger partial charge >= 0.3 is 6.09 Å². The maximum absolute atomic E-state index is 12.7. The zero-order chi connectivity index (χ0) is 20.1. The SMILES string of the molecule is O=C(N[C@H]1N=C(c2cccnc2)c2ccccc2NC1=O)OCc1ccccc1. The standard InChI is InChI=1S/C22H18N4O3/c27-21-20(26-22(28)29-14-15-7-2-1-3-8-15)25-19(16-9-6-12-23-13-16)17-10-4-5-11-18(17)24-21/h1-13,20H,14H2,(H,24,27)(H,26,28)/t20-/m1/s1. The van der Waals surface area contributed by atoms with Gasteiger partial charge in [0.15, 0.2) is 0 Å². The van der Waals surface area contributed by atoms with E-state index >= 15 is 0 Å². The maximum atomic E-state index is 12.7. The molecule has 3 aromatic rings. The van der Waals surface area contributed by atoms with Gasteiger partial charge in [-0.2, -0.15) is 0 Å². The summed E-state index contributed by atoms with van der Waals surface area (Å²) in [5.74, 6) is -0.451. The van der Waals surface area contributed by atoms with Crippen LogP contribution in [0.15, 0.2) is 84.1 Å². The summed E-state index contributed by atoms with van der Waals surface area (Å²) in [6.07, 6.45) is 1.46. The van der Waals surface area contributed by atoms with Crippen molar-refractivity contribution in [1.29, 1.82) is 0 Å². The van der Waals surface area contributed by atoms with E-state index in [0.717, 1.165) is 16.7 Å². The summed E-state index contributed by atoms with van der Waals surface area (Å²) in [4.78, 5) is 33.6. The predicted octanol–water partition coefficient (Wildman–Crippen LogP) is 3.12. The first-order valence-electron chi connectivity index (χ1n) is 9.06. The van der Waals surface area contributed by atoms with E-state index in [1.807, 2.05) is 54.6 Å². The number of rotatable bonds is 4. The van der Waals surface area contributed by atoms with Crippen molar-refractivity contribution in [3.8, 4) is 0 Å². The van der Waals surface area contributed by atoms with Gasteiger partial charge in [-0.3, -0.25) is 15.1 Å². The molecular formula is C22H18N4O3. The number of fused-ring (bicyclic) bond motifs is 1. The largest absolute Gasteiger partial charge is 0.445 e. The van der Waals surface area contributed by atoms with Crippen LogP contribution in [-0.4, -0.2) is 28.9 Å². The third-order valence-corrected chi connectivity index (χ3v) is 4.35. The number of para-hydroxylation sites is 1. The lowest BCUT2D eigenvalue weighted by molar-refractivity contribution is -0.117. The fourth-order valence-electron chi connectivity index (χ4n) is 2.96. The van der Waals surface area contributed by atoms with Gasteiger partial charge in [0.1, 0.15) is 6.61 Å². The van der Waals surface area contributed by atoms with Gasteiger partial charge in [0.25, 0.3) is 5.91 Å². The topological polar surface area (TPSA) is 92.7 Å². The van der Waals surface area contributed by atoms with Crippen LogP contribution >= 0.6 is 0 Å². The second-order valence-electron chi connectivity index (χ2n) is 6.36. The monoisotopic (exact) mass is 386 g/mol. The number of nitrogens with zero attached hydrogens (tertiary/aromatic N) is 2. The fourth-order valence-corrected chi connectivity index (χ4v) is 2.96. The molecule has 1 aromatic heterocycles. The smallest absolute Gasteiger partial charge is 0.409 e. The van der Waals surface area contributed by atoms with Gasteiger partial charge in [-0.05, 0) is 23.8 Å². The number of ether oxygens (including phenoxy) is 1. The van der Waals surface area contributed by atoms with Crippen LogP contribution in [0.2, 0.25) is 0 Å². The van der Waals surface area contributed by atoms with Crippen LogP contribution < -0.4 is 10.6 Å². The average molecular weight is 386 g/mol. The second-order valence-corrected chi connectivity index (χ2v) is 6.36. The van der Waals surface area contributed by atoms with Crippen molar-refractivity contribution in [3.63, 3.8) is 0 Å². The highest BCUT2D eigenvalue weighted by Gasteiger charge is 2.27. The van der Waals surface area contributed by atoms with Gasteiger partial charge < -0.3 is 10.1 Å². The number of hydrogen-bond acceptors (Lipinski definition) is 5. The van der Waals surface area contributed by atoms with Crippen molar-refractivity contribution in [1.82, 2.24) is 10.3 Å². The number of alkyl carbamates (subject to hydrolysis) is 1. The molecule has 2 amide bonds. The Morgan fingerprint density at radius 1 is 1.03 bits per heavy atom. The molecule has 0 spiro atoms. The number of amides is 2. The van der Waals surface area contributed by atoms with E-state index in [1.54, 1.807) is 24.5 Å². The number of benzodiazepines with no additional fused rings is 1. The Balaban J connectivity index is 1.58. The normalized spacial score (nSPS) is 15.4. The Kier molecular flexibility index (Phi) is 5.29. The first-order chi connectivity index (χ1) is 14.2. The first-order valence-corrected chi connectivity index (χ1v) is 9.06. The second kappa shape index (κ2) is 8.35. The minimum Gasteiger partial charge on any atom is -0.445 e. The first kappa shape index (κ1) is 18.4. The fraction of sp³-hybridized carbons (Fsp3) is 0.0909. The van der Waals surface area contributed by atoms with Gasteiger partial charge in [-0.15, -0.1) is 0 Å². The molecule has 0 radical (unpaired) electrons. The van der Waals surface area contributed by atoms with Crippen LogP contribution in [0.25, 0.3) is 0 Å². The van der Waals surface area contributed by atoms with Gasteiger partial charge in [0.05, 0.1) is 11.4 Å². The summed E-state index contributed by atoms with van der Waals surface area (Å²) in [6.45, 7) is 0.0976. The van der Waals surface area contributed by atoms with Gasteiger partial charge in [-0.25, -0.2) is 9.79 Å². The minimum absolute atomic E-state index is 0.0976. The highest BCUT2D eigenvalue weighted by atomic mass is 16.5. The lowest BCUT2D eigenvalue weighted by Crippen LogP contribution is -2.42. The molecule has 1 aliphatic heterocycles. The summed E-state index contributed by atoms with van der Waals surface area (Å²) in [5, 5.41) is 5.34. The van der Waals surface area contributed by atoms with E-state index in [9.17, 15) is 9.59 Å². The van der Waals surface area contributed by atoms with Crippen molar-refractivity contribution < 1.29 is 14.3 Å². The number of benzene rings is 2. The molecule has 7 heteroatoms. The molecular weight excluding hydrogens is 368 g/mol. The van der Waals surface area contributed by atoms with E-state index < -0.39 is 18.2 Å². The summed E-state index contributed by atoms with van der Waals surface area (Å²) in [5.41, 5.74) is 3.50. The van der Waals surface area contributed by atoms with Crippen LogP contribution in [0.4, 0.5) is 10.5 Å². The molecule has 0 saturated carbocycles.